The maximum Gasteiger partial charge on any atom is 0.169 e. The fourth-order valence-electron chi connectivity index (χ4n) is 4.71. The Balaban J connectivity index is 1.67. The number of hydrogen-bond acceptors (Lipinski definition) is 2. The standard InChI is InChI=1S/C25H24N4S/c1-16-15-20(24-23(27-25(30)28(24)3)21-12-6-7-14-26-21)17(2)29(16)22-13-8-10-18-9-4-5-11-19(18)22/h4-15,23-24H,1-3H3,(H,27,30). The number of fused-ring (bicyclic) bond motifs is 1. The van der Waals surface area contributed by atoms with E-state index in [1.54, 1.807) is 0 Å². The number of pyridine rings is 1. The fraction of sp³-hybridized carbons (Fsp3) is 0.200. The third-order valence-corrected chi connectivity index (χ3v) is 6.54. The van der Waals surface area contributed by atoms with Gasteiger partial charge < -0.3 is 14.8 Å². The topological polar surface area (TPSA) is 33.1 Å². The van der Waals surface area contributed by atoms with Gasteiger partial charge in [-0.15, -0.1) is 0 Å². The van der Waals surface area contributed by atoms with Crippen LogP contribution in [0.4, 0.5) is 0 Å². The normalized spacial score (nSPS) is 18.8. The molecule has 2 unspecified atom stereocenters. The Hall–Kier alpha value is -3.18. The van der Waals surface area contributed by atoms with Crippen LogP contribution in [0.5, 0.6) is 0 Å². The van der Waals surface area contributed by atoms with Gasteiger partial charge in [0.05, 0.1) is 23.5 Å². The van der Waals surface area contributed by atoms with Crippen LogP contribution in [-0.4, -0.2) is 26.6 Å². The molecule has 2 aromatic heterocycles. The first-order valence-electron chi connectivity index (χ1n) is 10.2. The van der Waals surface area contributed by atoms with Crippen molar-refractivity contribution in [2.75, 3.05) is 7.05 Å². The lowest BCUT2D eigenvalue weighted by atomic mass is 9.97. The Morgan fingerprint density at radius 1 is 0.967 bits per heavy atom. The van der Waals surface area contributed by atoms with E-state index in [4.69, 9.17) is 12.2 Å². The molecule has 5 heteroatoms. The van der Waals surface area contributed by atoms with Gasteiger partial charge in [0, 0.05) is 30.0 Å². The van der Waals surface area contributed by atoms with E-state index in [1.165, 1.54) is 33.4 Å². The fourth-order valence-corrected chi connectivity index (χ4v) is 4.95. The lowest BCUT2D eigenvalue weighted by molar-refractivity contribution is 0.367. The van der Waals surface area contributed by atoms with Crippen molar-refractivity contribution in [3.8, 4) is 5.69 Å². The minimum absolute atomic E-state index is 0.0187. The van der Waals surface area contributed by atoms with Gasteiger partial charge in [0.25, 0.3) is 0 Å². The van der Waals surface area contributed by atoms with E-state index in [-0.39, 0.29) is 12.1 Å². The van der Waals surface area contributed by atoms with Gasteiger partial charge in [0.15, 0.2) is 5.11 Å². The molecule has 5 rings (SSSR count). The summed E-state index contributed by atoms with van der Waals surface area (Å²) in [5.41, 5.74) is 5.92. The van der Waals surface area contributed by atoms with E-state index in [9.17, 15) is 0 Å². The third-order valence-electron chi connectivity index (χ3n) is 6.14. The van der Waals surface area contributed by atoms with Crippen molar-refractivity contribution >= 4 is 28.1 Å². The maximum atomic E-state index is 5.62. The molecule has 4 nitrogen and oxygen atoms in total. The first kappa shape index (κ1) is 18.8. The van der Waals surface area contributed by atoms with Gasteiger partial charge >= 0.3 is 0 Å². The quantitative estimate of drug-likeness (QED) is 0.466. The summed E-state index contributed by atoms with van der Waals surface area (Å²) >= 11 is 5.62. The molecule has 4 aromatic rings. The van der Waals surface area contributed by atoms with Gasteiger partial charge in [-0.2, -0.15) is 0 Å². The van der Waals surface area contributed by atoms with Crippen LogP contribution in [0.1, 0.15) is 34.7 Å². The zero-order chi connectivity index (χ0) is 20.8. The summed E-state index contributed by atoms with van der Waals surface area (Å²) in [6.45, 7) is 4.38. The highest BCUT2D eigenvalue weighted by Gasteiger charge is 2.39. The highest BCUT2D eigenvalue weighted by Crippen LogP contribution is 2.40. The second-order valence-electron chi connectivity index (χ2n) is 7.90. The van der Waals surface area contributed by atoms with Gasteiger partial charge in [-0.25, -0.2) is 0 Å². The first-order valence-corrected chi connectivity index (χ1v) is 10.6. The minimum Gasteiger partial charge on any atom is -0.352 e. The van der Waals surface area contributed by atoms with Crippen LogP contribution in [0.15, 0.2) is 72.9 Å². The molecule has 2 atom stereocenters. The zero-order valence-electron chi connectivity index (χ0n) is 17.3. The number of nitrogens with one attached hydrogen (secondary N) is 1. The van der Waals surface area contributed by atoms with Crippen molar-refractivity contribution in [2.24, 2.45) is 0 Å². The third kappa shape index (κ3) is 2.89. The number of aryl methyl sites for hydroxylation is 1. The number of likely N-dealkylation sites (N-methyl/N-ethyl adjacent to an activating group) is 1. The summed E-state index contributed by atoms with van der Waals surface area (Å²) in [6, 6.07) is 23.5. The first-order chi connectivity index (χ1) is 14.6. The van der Waals surface area contributed by atoms with Crippen molar-refractivity contribution in [2.45, 2.75) is 25.9 Å². The van der Waals surface area contributed by atoms with Crippen LogP contribution in [0.2, 0.25) is 0 Å². The maximum absolute atomic E-state index is 5.62. The van der Waals surface area contributed by atoms with Crippen LogP contribution in [-0.2, 0) is 0 Å². The Morgan fingerprint density at radius 2 is 1.73 bits per heavy atom. The molecule has 1 fully saturated rings. The molecule has 2 aromatic carbocycles. The number of rotatable bonds is 3. The van der Waals surface area contributed by atoms with Gasteiger partial charge in [-0.1, -0.05) is 42.5 Å². The number of hydrogen-bond donors (Lipinski definition) is 1. The monoisotopic (exact) mass is 412 g/mol. The molecular formula is C25H24N4S. The zero-order valence-corrected chi connectivity index (χ0v) is 18.1. The van der Waals surface area contributed by atoms with E-state index >= 15 is 0 Å². The van der Waals surface area contributed by atoms with Crippen LogP contribution >= 0.6 is 12.2 Å². The lowest BCUT2D eigenvalue weighted by Gasteiger charge is -2.24. The van der Waals surface area contributed by atoms with Gasteiger partial charge in [-0.05, 0) is 61.3 Å². The summed E-state index contributed by atoms with van der Waals surface area (Å²) in [5.74, 6) is 0. The second-order valence-corrected chi connectivity index (χ2v) is 8.28. The Kier molecular flexibility index (Phi) is 4.55. The SMILES string of the molecule is Cc1cc(C2C(c3ccccn3)NC(=S)N2C)c(C)n1-c1cccc2ccccc12. The Bertz CT molecular complexity index is 1240. The molecule has 1 aliphatic heterocycles. The highest BCUT2D eigenvalue weighted by atomic mass is 32.1. The van der Waals surface area contributed by atoms with Gasteiger partial charge in [0.2, 0.25) is 0 Å². The molecule has 0 radical (unpaired) electrons. The predicted molar refractivity (Wildman–Crippen MR) is 126 cm³/mol. The van der Waals surface area contributed by atoms with Gasteiger partial charge in [-0.3, -0.25) is 4.98 Å². The summed E-state index contributed by atoms with van der Waals surface area (Å²) in [4.78, 5) is 6.76. The van der Waals surface area contributed by atoms with E-state index in [0.717, 1.165) is 10.8 Å². The Morgan fingerprint density at radius 3 is 2.53 bits per heavy atom. The highest BCUT2D eigenvalue weighted by molar-refractivity contribution is 7.80. The van der Waals surface area contributed by atoms with Crippen LogP contribution in [0.25, 0.3) is 16.5 Å². The largest absolute Gasteiger partial charge is 0.352 e. The van der Waals surface area contributed by atoms with Crippen molar-refractivity contribution in [1.82, 2.24) is 19.8 Å². The lowest BCUT2D eigenvalue weighted by Crippen LogP contribution is -2.25. The van der Waals surface area contributed by atoms with E-state index in [1.807, 2.05) is 18.3 Å². The van der Waals surface area contributed by atoms with Crippen molar-refractivity contribution < 1.29 is 0 Å². The molecule has 1 aliphatic rings. The second kappa shape index (κ2) is 7.26. The molecule has 0 spiro atoms. The summed E-state index contributed by atoms with van der Waals surface area (Å²) < 4.78 is 2.36. The average Bonchev–Trinajstić information content (AvgIpc) is 3.23. The average molecular weight is 413 g/mol. The number of nitrogens with zero attached hydrogens (tertiary/aromatic N) is 3. The van der Waals surface area contributed by atoms with E-state index < -0.39 is 0 Å². The minimum atomic E-state index is 0.0187. The molecule has 0 aliphatic carbocycles. The molecular weight excluding hydrogens is 388 g/mol. The van der Waals surface area contributed by atoms with Crippen LogP contribution < -0.4 is 5.32 Å². The van der Waals surface area contributed by atoms with Gasteiger partial charge in [0.1, 0.15) is 0 Å². The van der Waals surface area contributed by atoms with Crippen LogP contribution in [0, 0.1) is 13.8 Å². The molecule has 0 amide bonds. The summed E-state index contributed by atoms with van der Waals surface area (Å²) in [7, 11) is 2.06. The van der Waals surface area contributed by atoms with Crippen LogP contribution in [0.3, 0.4) is 0 Å². The van der Waals surface area contributed by atoms with Crippen molar-refractivity contribution in [3.05, 3.63) is 95.6 Å². The predicted octanol–water partition coefficient (Wildman–Crippen LogP) is 5.24. The Labute approximate surface area is 182 Å². The molecule has 1 saturated heterocycles. The number of aromatic nitrogens is 2. The van der Waals surface area contributed by atoms with E-state index in [2.05, 4.69) is 95.3 Å². The summed E-state index contributed by atoms with van der Waals surface area (Å²) in [5, 5.41) is 6.73. The molecule has 0 bridgehead atoms. The molecule has 3 heterocycles. The van der Waals surface area contributed by atoms with Crippen molar-refractivity contribution in [3.63, 3.8) is 0 Å². The summed E-state index contributed by atoms with van der Waals surface area (Å²) in [6.07, 6.45) is 1.84. The number of benzene rings is 2. The van der Waals surface area contributed by atoms with E-state index in [0.29, 0.717) is 0 Å². The molecule has 1 N–H and O–H groups in total. The molecule has 30 heavy (non-hydrogen) atoms. The smallest absolute Gasteiger partial charge is 0.169 e. The molecule has 150 valence electrons. The molecule has 0 saturated carbocycles. The number of thiocarbonyl (C=S) groups is 1. The van der Waals surface area contributed by atoms with Crippen molar-refractivity contribution in [1.29, 1.82) is 0 Å².